The van der Waals surface area contributed by atoms with Crippen LogP contribution in [-0.2, 0) is 9.39 Å². The van der Waals surface area contributed by atoms with E-state index in [1.165, 1.54) is 11.6 Å². The number of hydrogen-bond donors (Lipinski definition) is 2. The van der Waals surface area contributed by atoms with E-state index in [0.717, 1.165) is 29.6 Å². The Kier molecular flexibility index (Phi) is 8.43. The van der Waals surface area contributed by atoms with Gasteiger partial charge >= 0.3 is 7.12 Å². The highest BCUT2D eigenvalue weighted by molar-refractivity contribution is 6.43. The number of halogens is 1. The first-order chi connectivity index (χ1) is 18.8. The first kappa shape index (κ1) is 27.8. The largest absolute Gasteiger partial charge is 0.508 e. The number of ether oxygens (including phenoxy) is 1. The zero-order valence-electron chi connectivity index (χ0n) is 22.4. The van der Waals surface area contributed by atoms with Gasteiger partial charge in [0, 0.05) is 30.1 Å². The molecule has 0 unspecified atom stereocenters. The second-order valence-electron chi connectivity index (χ2n) is 10.8. The number of carbonyl (C=O) groups is 2. The summed E-state index contributed by atoms with van der Waals surface area (Å²) >= 11 is 6.37. The molecule has 39 heavy (non-hydrogen) atoms. The molecule has 204 valence electrons. The first-order valence-electron chi connectivity index (χ1n) is 13.7. The van der Waals surface area contributed by atoms with Gasteiger partial charge in [-0.3, -0.25) is 9.59 Å². The summed E-state index contributed by atoms with van der Waals surface area (Å²) < 4.78 is 11.7. The number of rotatable bonds is 8. The molecule has 2 aromatic rings. The number of phenolic OH excluding ortho intramolecular Hbond substituents is 1. The second kappa shape index (κ2) is 11.8. The maximum Gasteiger partial charge on any atom is 0.455 e. The van der Waals surface area contributed by atoms with E-state index in [-0.39, 0.29) is 35.7 Å². The van der Waals surface area contributed by atoms with Crippen molar-refractivity contribution in [2.75, 3.05) is 13.7 Å². The topological polar surface area (TPSA) is 93.1 Å². The van der Waals surface area contributed by atoms with Crippen molar-refractivity contribution in [3.05, 3.63) is 80.9 Å². The summed E-state index contributed by atoms with van der Waals surface area (Å²) in [4.78, 5) is 27.3. The molecule has 5 rings (SSSR count). The van der Waals surface area contributed by atoms with E-state index in [0.29, 0.717) is 42.0 Å². The molecule has 1 fully saturated rings. The van der Waals surface area contributed by atoms with Crippen LogP contribution in [-0.4, -0.2) is 48.6 Å². The molecule has 1 heterocycles. The Morgan fingerprint density at radius 2 is 1.87 bits per heavy atom. The minimum absolute atomic E-state index is 0.000624. The van der Waals surface area contributed by atoms with Gasteiger partial charge in [0.2, 0.25) is 0 Å². The number of fused-ring (bicyclic) bond motifs is 4. The number of benzene rings is 2. The number of phenols is 1. The molecule has 0 bridgehead atoms. The van der Waals surface area contributed by atoms with E-state index in [9.17, 15) is 19.7 Å². The number of hydrogen-bond acceptors (Lipinski definition) is 6. The quantitative estimate of drug-likeness (QED) is 0.303. The van der Waals surface area contributed by atoms with Crippen LogP contribution < -0.4 is 0 Å². The van der Waals surface area contributed by atoms with E-state index < -0.39 is 19.0 Å². The average Bonchev–Trinajstić information content (AvgIpc) is 2.91. The van der Waals surface area contributed by atoms with Gasteiger partial charge in [0.15, 0.2) is 11.6 Å². The molecule has 6 nitrogen and oxygen atoms in total. The fraction of sp³-hybridized carbons (Fsp3) is 0.419. The summed E-state index contributed by atoms with van der Waals surface area (Å²) in [6, 6.07) is 12.0. The van der Waals surface area contributed by atoms with E-state index in [2.05, 4.69) is 13.0 Å². The van der Waals surface area contributed by atoms with Gasteiger partial charge in [-0.2, -0.15) is 0 Å². The Balaban J connectivity index is 1.47. The minimum atomic E-state index is -1.02. The fourth-order valence-electron chi connectivity index (χ4n) is 6.74. The Hall–Kier alpha value is -2.71. The van der Waals surface area contributed by atoms with Crippen molar-refractivity contribution in [2.24, 2.45) is 17.8 Å². The van der Waals surface area contributed by atoms with Crippen LogP contribution in [0.5, 0.6) is 5.75 Å². The number of Topliss-reactive ketones (excluding diaryl/α,β-unsaturated/α-hetero) is 2. The highest BCUT2D eigenvalue weighted by atomic mass is 35.5. The first-order valence-corrected chi connectivity index (χ1v) is 14.1. The van der Waals surface area contributed by atoms with Crippen molar-refractivity contribution in [1.29, 1.82) is 0 Å². The Morgan fingerprint density at radius 1 is 1.13 bits per heavy atom. The molecule has 4 atom stereocenters. The highest BCUT2D eigenvalue weighted by Gasteiger charge is 2.53. The normalized spacial score (nSPS) is 24.9. The molecule has 2 N–H and O–H groups in total. The van der Waals surface area contributed by atoms with Crippen molar-refractivity contribution in [3.63, 3.8) is 0 Å². The summed E-state index contributed by atoms with van der Waals surface area (Å²) in [5.74, 6) is -1.14. The van der Waals surface area contributed by atoms with Gasteiger partial charge in [-0.05, 0) is 72.8 Å². The van der Waals surface area contributed by atoms with Crippen LogP contribution in [0, 0.1) is 17.8 Å². The van der Waals surface area contributed by atoms with E-state index >= 15 is 0 Å². The summed E-state index contributed by atoms with van der Waals surface area (Å²) in [6.45, 7) is 2.47. The van der Waals surface area contributed by atoms with Gasteiger partial charge < -0.3 is 19.5 Å². The Labute approximate surface area is 234 Å². The van der Waals surface area contributed by atoms with E-state index in [4.69, 9.17) is 21.0 Å². The van der Waals surface area contributed by atoms with Gasteiger partial charge in [-0.25, -0.2) is 0 Å². The molecule has 3 aliphatic rings. The number of aromatic hydroxyl groups is 1. The van der Waals surface area contributed by atoms with Crippen LogP contribution in [0.3, 0.4) is 0 Å². The molecular formula is C31H34BClO6. The predicted molar refractivity (Wildman–Crippen MR) is 152 cm³/mol. The van der Waals surface area contributed by atoms with Gasteiger partial charge in [0.25, 0.3) is 0 Å². The molecule has 8 heteroatoms. The molecule has 2 aliphatic carbocycles. The lowest BCUT2D eigenvalue weighted by atomic mass is 9.54. The molecule has 0 aromatic heterocycles. The average molecular weight is 549 g/mol. The smallest absolute Gasteiger partial charge is 0.455 e. The molecule has 1 aliphatic heterocycles. The molecular weight excluding hydrogens is 515 g/mol. The monoisotopic (exact) mass is 548 g/mol. The molecule has 0 spiro atoms. The third kappa shape index (κ3) is 5.51. The zero-order valence-corrected chi connectivity index (χ0v) is 23.1. The van der Waals surface area contributed by atoms with Crippen LogP contribution in [0.15, 0.2) is 59.2 Å². The Morgan fingerprint density at radius 3 is 2.56 bits per heavy atom. The number of carbonyl (C=O) groups excluding carboxylic acids is 2. The van der Waals surface area contributed by atoms with Crippen LogP contribution in [0.25, 0.3) is 6.08 Å². The third-order valence-electron chi connectivity index (χ3n) is 8.32. The maximum atomic E-state index is 13.8. The number of ketones is 2. The van der Waals surface area contributed by atoms with Crippen LogP contribution in [0.4, 0.5) is 0 Å². The third-order valence-corrected chi connectivity index (χ3v) is 8.65. The molecule has 0 saturated carbocycles. The van der Waals surface area contributed by atoms with Crippen molar-refractivity contribution in [3.8, 4) is 5.75 Å². The Bertz CT molecular complexity index is 1330. The maximum absolute atomic E-state index is 13.8. The lowest BCUT2D eigenvalue weighted by Gasteiger charge is -2.47. The van der Waals surface area contributed by atoms with Crippen molar-refractivity contribution in [1.82, 2.24) is 0 Å². The van der Waals surface area contributed by atoms with Gasteiger partial charge in [-0.1, -0.05) is 60.9 Å². The molecule has 1 saturated heterocycles. The lowest BCUT2D eigenvalue weighted by Crippen LogP contribution is -2.51. The lowest BCUT2D eigenvalue weighted by molar-refractivity contribution is 0.0584. The summed E-state index contributed by atoms with van der Waals surface area (Å²) in [5.41, 5.74) is 5.02. The zero-order chi connectivity index (χ0) is 27.7. The molecule has 0 amide bonds. The SMILES string of the molecule is CCC/C(=C\c1ccc(O)cc1Cl)CC[C@H]1OB(O)C[C@H]2C1=C(COC)C[C@H]1C(=O)c3ccccc3C(=O)[C@H]12. The number of methoxy groups -OCH3 is 1. The predicted octanol–water partition coefficient (Wildman–Crippen LogP) is 6.16. The number of allylic oxidation sites excluding steroid dienone is 1. The minimum Gasteiger partial charge on any atom is -0.508 e. The molecule has 0 radical (unpaired) electrons. The highest BCUT2D eigenvalue weighted by Crippen LogP contribution is 2.51. The van der Waals surface area contributed by atoms with Crippen LogP contribution in [0.1, 0.15) is 65.3 Å². The van der Waals surface area contributed by atoms with Gasteiger partial charge in [0.1, 0.15) is 5.75 Å². The summed E-state index contributed by atoms with van der Waals surface area (Å²) in [5, 5.41) is 21.0. The van der Waals surface area contributed by atoms with Crippen molar-refractivity contribution < 1.29 is 29.1 Å². The van der Waals surface area contributed by atoms with Gasteiger partial charge in [0.05, 0.1) is 17.7 Å². The fourth-order valence-corrected chi connectivity index (χ4v) is 6.96. The van der Waals surface area contributed by atoms with Gasteiger partial charge in [-0.15, -0.1) is 0 Å². The molecule has 2 aromatic carbocycles. The van der Waals surface area contributed by atoms with E-state index in [1.807, 2.05) is 0 Å². The van der Waals surface area contributed by atoms with E-state index in [1.54, 1.807) is 43.5 Å². The summed E-state index contributed by atoms with van der Waals surface area (Å²) in [6.07, 6.45) is 5.56. The van der Waals surface area contributed by atoms with Crippen LogP contribution >= 0.6 is 11.6 Å². The van der Waals surface area contributed by atoms with Crippen LogP contribution in [0.2, 0.25) is 11.3 Å². The van der Waals surface area contributed by atoms with Crippen molar-refractivity contribution in [2.45, 2.75) is 51.5 Å². The van der Waals surface area contributed by atoms with Crippen molar-refractivity contribution >= 4 is 36.4 Å². The standard InChI is InChI=1S/C31H34BClO6/c1-3-6-18(13-19-10-11-21(34)15-26(19)33)9-12-27-28-20(17-38-2)14-24-29(25(28)16-32(37)39-27)31(36)23-8-5-4-7-22(23)30(24)35/h4-5,7-8,10-11,13,15,24-25,27,29,34,37H,3,6,9,12,14,16-17H2,1-2H3/b18-13+/t24-,25+,27-,29-/m1/s1. The summed E-state index contributed by atoms with van der Waals surface area (Å²) in [7, 11) is 0.617. The second-order valence-corrected chi connectivity index (χ2v) is 11.2.